The number of ether oxygens (including phenoxy) is 1. The van der Waals surface area contributed by atoms with E-state index < -0.39 is 0 Å². The first kappa shape index (κ1) is 19.5. The number of urea groups is 1. The molecule has 1 heterocycles. The Labute approximate surface area is 153 Å². The molecule has 1 aromatic carbocycles. The minimum absolute atomic E-state index is 0.0814. The lowest BCUT2D eigenvalue weighted by atomic mass is 9.93. The number of hydrogen-bond acceptors (Lipinski definition) is 3. The van der Waals surface area contributed by atoms with E-state index in [1.54, 1.807) is 30.2 Å². The molecule has 1 aromatic rings. The van der Waals surface area contributed by atoms with Gasteiger partial charge in [-0.3, -0.25) is 4.79 Å². The lowest BCUT2D eigenvalue weighted by molar-refractivity contribution is -0.122. The van der Waals surface area contributed by atoms with Gasteiger partial charge in [-0.2, -0.15) is 0 Å². The predicted molar refractivity (Wildman–Crippen MR) is 98.9 cm³/mol. The van der Waals surface area contributed by atoms with Gasteiger partial charge in [-0.25, -0.2) is 4.79 Å². The number of nitrogens with zero attached hydrogens (tertiary/aromatic N) is 1. The summed E-state index contributed by atoms with van der Waals surface area (Å²) in [5.74, 6) is 0.413. The average Bonchev–Trinajstić information content (AvgIpc) is 2.59. The molecule has 0 saturated carbocycles. The first-order valence-electron chi connectivity index (χ1n) is 8.65. The standard InChI is InChI=1S/C18H26ClN3O3/c1-25-11-3-8-20-17(23)12-14-6-9-22(10-7-14)18(24)21-16-5-2-4-15(19)13-16/h2,4-5,13-14H,3,6-12H2,1H3,(H,20,23)(H,21,24). The van der Waals surface area contributed by atoms with Crippen LogP contribution in [0.4, 0.5) is 10.5 Å². The summed E-state index contributed by atoms with van der Waals surface area (Å²) in [6.45, 7) is 2.62. The molecule has 0 unspecified atom stereocenters. The summed E-state index contributed by atoms with van der Waals surface area (Å²) < 4.78 is 4.95. The molecule has 1 fully saturated rings. The molecular formula is C18H26ClN3O3. The molecule has 7 heteroatoms. The number of rotatable bonds is 7. The Balaban J connectivity index is 1.68. The quantitative estimate of drug-likeness (QED) is 0.727. The maximum absolute atomic E-state index is 12.3. The molecule has 0 aromatic heterocycles. The first-order chi connectivity index (χ1) is 12.1. The number of halogens is 1. The number of piperidine rings is 1. The largest absolute Gasteiger partial charge is 0.385 e. The van der Waals surface area contributed by atoms with E-state index in [2.05, 4.69) is 10.6 Å². The highest BCUT2D eigenvalue weighted by atomic mass is 35.5. The smallest absolute Gasteiger partial charge is 0.321 e. The molecule has 138 valence electrons. The molecule has 1 saturated heterocycles. The van der Waals surface area contributed by atoms with Crippen LogP contribution in [-0.2, 0) is 9.53 Å². The molecule has 0 radical (unpaired) electrons. The number of hydrogen-bond donors (Lipinski definition) is 2. The first-order valence-corrected chi connectivity index (χ1v) is 9.03. The van der Waals surface area contributed by atoms with Crippen LogP contribution in [0.2, 0.25) is 5.02 Å². The zero-order chi connectivity index (χ0) is 18.1. The van der Waals surface area contributed by atoms with Crippen molar-refractivity contribution in [3.05, 3.63) is 29.3 Å². The predicted octanol–water partition coefficient (Wildman–Crippen LogP) is 3.13. The van der Waals surface area contributed by atoms with Crippen LogP contribution in [0.3, 0.4) is 0 Å². The molecule has 2 N–H and O–H groups in total. The van der Waals surface area contributed by atoms with Gasteiger partial charge in [0.2, 0.25) is 5.91 Å². The van der Waals surface area contributed by atoms with Crippen molar-refractivity contribution >= 4 is 29.2 Å². The topological polar surface area (TPSA) is 70.7 Å². The second-order valence-corrected chi connectivity index (χ2v) is 6.71. The van der Waals surface area contributed by atoms with Crippen LogP contribution in [0.5, 0.6) is 0 Å². The average molecular weight is 368 g/mol. The molecule has 25 heavy (non-hydrogen) atoms. The van der Waals surface area contributed by atoms with Crippen LogP contribution in [-0.4, -0.2) is 50.2 Å². The van der Waals surface area contributed by atoms with Gasteiger partial charge >= 0.3 is 6.03 Å². The Morgan fingerprint density at radius 2 is 2.08 bits per heavy atom. The lowest BCUT2D eigenvalue weighted by Crippen LogP contribution is -2.42. The third kappa shape index (κ3) is 6.92. The fourth-order valence-corrected chi connectivity index (χ4v) is 3.08. The van der Waals surface area contributed by atoms with Crippen molar-refractivity contribution in [1.82, 2.24) is 10.2 Å². The molecule has 6 nitrogen and oxygen atoms in total. The van der Waals surface area contributed by atoms with Gasteiger partial charge in [0.05, 0.1) is 0 Å². The number of likely N-dealkylation sites (tertiary alicyclic amines) is 1. The molecule has 1 aliphatic heterocycles. The van der Waals surface area contributed by atoms with E-state index in [4.69, 9.17) is 16.3 Å². The maximum Gasteiger partial charge on any atom is 0.321 e. The van der Waals surface area contributed by atoms with Crippen molar-refractivity contribution in [3.63, 3.8) is 0 Å². The fraction of sp³-hybridized carbons (Fsp3) is 0.556. The number of nitrogens with one attached hydrogen (secondary N) is 2. The number of carbonyl (C=O) groups is 2. The fourth-order valence-electron chi connectivity index (χ4n) is 2.89. The van der Waals surface area contributed by atoms with Crippen molar-refractivity contribution in [3.8, 4) is 0 Å². The number of carbonyl (C=O) groups excluding carboxylic acids is 2. The van der Waals surface area contributed by atoms with Crippen LogP contribution in [0, 0.1) is 5.92 Å². The second kappa shape index (κ2) is 10.3. The molecule has 2 rings (SSSR count). The van der Waals surface area contributed by atoms with Gasteiger partial charge in [-0.15, -0.1) is 0 Å². The van der Waals surface area contributed by atoms with Crippen molar-refractivity contribution in [2.75, 3.05) is 38.7 Å². The highest BCUT2D eigenvalue weighted by Gasteiger charge is 2.24. The zero-order valence-corrected chi connectivity index (χ0v) is 15.3. The lowest BCUT2D eigenvalue weighted by Gasteiger charge is -2.31. The molecular weight excluding hydrogens is 342 g/mol. The second-order valence-electron chi connectivity index (χ2n) is 6.27. The van der Waals surface area contributed by atoms with E-state index in [0.29, 0.717) is 49.3 Å². The summed E-state index contributed by atoms with van der Waals surface area (Å²) in [5, 5.41) is 6.36. The molecule has 0 spiro atoms. The number of methoxy groups -OCH3 is 1. The van der Waals surface area contributed by atoms with Crippen LogP contribution >= 0.6 is 11.6 Å². The van der Waals surface area contributed by atoms with Crippen LogP contribution in [0.25, 0.3) is 0 Å². The minimum atomic E-state index is -0.121. The Bertz CT molecular complexity index is 574. The van der Waals surface area contributed by atoms with E-state index >= 15 is 0 Å². The van der Waals surface area contributed by atoms with Gasteiger partial charge in [0.15, 0.2) is 0 Å². The van der Waals surface area contributed by atoms with Crippen LogP contribution in [0.1, 0.15) is 25.7 Å². The summed E-state index contributed by atoms with van der Waals surface area (Å²) in [5.41, 5.74) is 0.690. The summed E-state index contributed by atoms with van der Waals surface area (Å²) in [4.78, 5) is 26.0. The molecule has 0 aliphatic carbocycles. The Hall–Kier alpha value is -1.79. The maximum atomic E-state index is 12.3. The van der Waals surface area contributed by atoms with Gasteiger partial charge in [0, 0.05) is 50.5 Å². The Kier molecular flexibility index (Phi) is 8.01. The van der Waals surface area contributed by atoms with Crippen molar-refractivity contribution in [2.24, 2.45) is 5.92 Å². The Morgan fingerprint density at radius 3 is 2.76 bits per heavy atom. The van der Waals surface area contributed by atoms with Crippen LogP contribution < -0.4 is 10.6 Å². The molecule has 3 amide bonds. The van der Waals surface area contributed by atoms with Gasteiger partial charge in [0.1, 0.15) is 0 Å². The minimum Gasteiger partial charge on any atom is -0.385 e. The van der Waals surface area contributed by atoms with E-state index in [9.17, 15) is 9.59 Å². The number of benzene rings is 1. The van der Waals surface area contributed by atoms with Crippen molar-refractivity contribution in [1.29, 1.82) is 0 Å². The van der Waals surface area contributed by atoms with Crippen molar-refractivity contribution in [2.45, 2.75) is 25.7 Å². The van der Waals surface area contributed by atoms with Crippen LogP contribution in [0.15, 0.2) is 24.3 Å². The van der Waals surface area contributed by atoms with E-state index in [-0.39, 0.29) is 11.9 Å². The van der Waals surface area contributed by atoms with Gasteiger partial charge in [-0.05, 0) is 43.4 Å². The third-order valence-corrected chi connectivity index (χ3v) is 4.53. The summed E-state index contributed by atoms with van der Waals surface area (Å²) in [7, 11) is 1.65. The number of anilines is 1. The van der Waals surface area contributed by atoms with Crippen molar-refractivity contribution < 1.29 is 14.3 Å². The third-order valence-electron chi connectivity index (χ3n) is 4.30. The Morgan fingerprint density at radius 1 is 1.32 bits per heavy atom. The van der Waals surface area contributed by atoms with E-state index in [1.165, 1.54) is 0 Å². The monoisotopic (exact) mass is 367 g/mol. The number of amides is 3. The normalized spacial score (nSPS) is 15.0. The molecule has 1 aliphatic rings. The highest BCUT2D eigenvalue weighted by molar-refractivity contribution is 6.30. The van der Waals surface area contributed by atoms with Gasteiger partial charge in [-0.1, -0.05) is 17.7 Å². The summed E-state index contributed by atoms with van der Waals surface area (Å²) >= 11 is 5.93. The SMILES string of the molecule is COCCCNC(=O)CC1CCN(C(=O)Nc2cccc(Cl)c2)CC1. The highest BCUT2D eigenvalue weighted by Crippen LogP contribution is 2.22. The van der Waals surface area contributed by atoms with E-state index in [0.717, 1.165) is 19.3 Å². The summed E-state index contributed by atoms with van der Waals surface area (Å²) in [6.07, 6.45) is 3.03. The summed E-state index contributed by atoms with van der Waals surface area (Å²) in [6, 6.07) is 6.98. The van der Waals surface area contributed by atoms with Gasteiger partial charge in [0.25, 0.3) is 0 Å². The molecule has 0 bridgehead atoms. The zero-order valence-electron chi connectivity index (χ0n) is 14.6. The molecule has 0 atom stereocenters. The van der Waals surface area contributed by atoms with E-state index in [1.807, 2.05) is 6.07 Å². The van der Waals surface area contributed by atoms with Gasteiger partial charge < -0.3 is 20.3 Å².